The van der Waals surface area contributed by atoms with Crippen LogP contribution in [-0.4, -0.2) is 34.7 Å². The van der Waals surface area contributed by atoms with Gasteiger partial charge in [-0.3, -0.25) is 4.79 Å². The van der Waals surface area contributed by atoms with Gasteiger partial charge in [0, 0.05) is 25.7 Å². The van der Waals surface area contributed by atoms with Gasteiger partial charge in [0.1, 0.15) is 0 Å². The molecule has 2 aromatic rings. The fourth-order valence-electron chi connectivity index (χ4n) is 1.31. The summed E-state index contributed by atoms with van der Waals surface area (Å²) in [6.07, 6.45) is 1.60. The molecule has 0 radical (unpaired) electrons. The van der Waals surface area contributed by atoms with Crippen LogP contribution in [-0.2, 0) is 0 Å². The van der Waals surface area contributed by atoms with Crippen molar-refractivity contribution in [3.05, 3.63) is 30.1 Å². The van der Waals surface area contributed by atoms with Gasteiger partial charge in [-0.05, 0) is 24.1 Å². The number of rotatable bonds is 1. The maximum absolute atomic E-state index is 11.7. The van der Waals surface area contributed by atoms with Crippen LogP contribution in [0.3, 0.4) is 0 Å². The number of nitrogens with zero attached hydrogens (tertiary/aromatic N) is 2. The molecule has 4 nitrogen and oxygen atoms in total. The smallest absolute Gasteiger partial charge is 0.237 e. The third-order valence-electron chi connectivity index (χ3n) is 2.08. The SMILES string of the molecule is CN(C)C#CC(=O)c1ccc2nc[nH]c2c1. The lowest BCUT2D eigenvalue weighted by atomic mass is 10.1. The number of hydrogen-bond acceptors (Lipinski definition) is 3. The highest BCUT2D eigenvalue weighted by Gasteiger charge is 2.04. The molecule has 0 atom stereocenters. The molecule has 0 fully saturated rings. The molecule has 0 aliphatic carbocycles. The van der Waals surface area contributed by atoms with Crippen molar-refractivity contribution < 1.29 is 4.79 Å². The molecule has 0 aliphatic heterocycles. The van der Waals surface area contributed by atoms with E-state index in [1.807, 2.05) is 0 Å². The maximum Gasteiger partial charge on any atom is 0.237 e. The van der Waals surface area contributed by atoms with Gasteiger partial charge in [-0.1, -0.05) is 0 Å². The summed E-state index contributed by atoms with van der Waals surface area (Å²) < 4.78 is 0. The molecule has 0 amide bonds. The number of H-pyrrole nitrogens is 1. The molecule has 0 spiro atoms. The summed E-state index contributed by atoms with van der Waals surface area (Å²) in [5.41, 5.74) is 2.26. The number of carbonyl (C=O) groups excluding carboxylic acids is 1. The lowest BCUT2D eigenvalue weighted by Gasteiger charge is -1.97. The third-order valence-corrected chi connectivity index (χ3v) is 2.08. The summed E-state index contributed by atoms with van der Waals surface area (Å²) in [7, 11) is 3.58. The van der Waals surface area contributed by atoms with E-state index in [2.05, 4.69) is 21.9 Å². The normalized spacial score (nSPS) is 9.62. The van der Waals surface area contributed by atoms with E-state index in [1.165, 1.54) is 0 Å². The molecule has 16 heavy (non-hydrogen) atoms. The van der Waals surface area contributed by atoms with Gasteiger partial charge in [-0.2, -0.15) is 0 Å². The van der Waals surface area contributed by atoms with Crippen molar-refractivity contribution in [1.82, 2.24) is 14.9 Å². The molecular formula is C12H11N3O. The maximum atomic E-state index is 11.7. The summed E-state index contributed by atoms with van der Waals surface area (Å²) in [6, 6.07) is 7.99. The Kier molecular flexibility index (Phi) is 2.61. The minimum Gasteiger partial charge on any atom is -0.345 e. The summed E-state index contributed by atoms with van der Waals surface area (Å²) in [5, 5.41) is 0. The highest BCUT2D eigenvalue weighted by molar-refractivity contribution is 6.10. The first kappa shape index (κ1) is 10.2. The number of carbonyl (C=O) groups is 1. The molecule has 0 saturated carbocycles. The first-order valence-electron chi connectivity index (χ1n) is 4.83. The van der Waals surface area contributed by atoms with Crippen LogP contribution in [0, 0.1) is 12.0 Å². The number of ketones is 1. The highest BCUT2D eigenvalue weighted by Crippen LogP contribution is 2.11. The van der Waals surface area contributed by atoms with Gasteiger partial charge in [0.05, 0.1) is 17.4 Å². The van der Waals surface area contributed by atoms with Crippen molar-refractivity contribution in [3.63, 3.8) is 0 Å². The average Bonchev–Trinajstić information content (AvgIpc) is 2.72. The Labute approximate surface area is 93.3 Å². The van der Waals surface area contributed by atoms with E-state index in [0.29, 0.717) is 5.56 Å². The Morgan fingerprint density at radius 2 is 2.25 bits per heavy atom. The fourth-order valence-corrected chi connectivity index (χ4v) is 1.31. The van der Waals surface area contributed by atoms with Gasteiger partial charge in [-0.25, -0.2) is 4.98 Å². The Morgan fingerprint density at radius 1 is 1.44 bits per heavy atom. The highest BCUT2D eigenvalue weighted by atomic mass is 16.1. The fraction of sp³-hybridized carbons (Fsp3) is 0.167. The van der Waals surface area contributed by atoms with Crippen molar-refractivity contribution in [2.45, 2.75) is 0 Å². The molecule has 1 N–H and O–H groups in total. The first-order chi connectivity index (χ1) is 7.66. The van der Waals surface area contributed by atoms with Crippen molar-refractivity contribution in [2.75, 3.05) is 14.1 Å². The molecule has 0 bridgehead atoms. The van der Waals surface area contributed by atoms with Crippen molar-refractivity contribution >= 4 is 16.8 Å². The zero-order valence-corrected chi connectivity index (χ0v) is 9.11. The quantitative estimate of drug-likeness (QED) is 0.441. The number of Topliss-reactive ketones (excluding diaryl/α,β-unsaturated/α-hetero) is 1. The summed E-state index contributed by atoms with van der Waals surface area (Å²) in [5.74, 6) is 2.37. The zero-order chi connectivity index (χ0) is 11.5. The topological polar surface area (TPSA) is 49.0 Å². The van der Waals surface area contributed by atoms with Crippen molar-refractivity contribution in [2.24, 2.45) is 0 Å². The van der Waals surface area contributed by atoms with Crippen molar-refractivity contribution in [1.29, 1.82) is 0 Å². The molecule has 0 saturated heterocycles. The van der Waals surface area contributed by atoms with Crippen LogP contribution >= 0.6 is 0 Å². The average molecular weight is 213 g/mol. The molecule has 1 aromatic heterocycles. The zero-order valence-electron chi connectivity index (χ0n) is 9.11. The monoisotopic (exact) mass is 213 g/mol. The summed E-state index contributed by atoms with van der Waals surface area (Å²) >= 11 is 0. The van der Waals surface area contributed by atoms with Crippen molar-refractivity contribution in [3.8, 4) is 12.0 Å². The summed E-state index contributed by atoms with van der Waals surface area (Å²) in [6.45, 7) is 0. The van der Waals surface area contributed by atoms with Gasteiger partial charge in [0.25, 0.3) is 0 Å². The van der Waals surface area contributed by atoms with Crippen LogP contribution in [0.1, 0.15) is 10.4 Å². The number of hydrogen-bond donors (Lipinski definition) is 1. The first-order valence-corrected chi connectivity index (χ1v) is 4.83. The molecule has 2 rings (SSSR count). The van der Waals surface area contributed by atoms with E-state index < -0.39 is 0 Å². The third kappa shape index (κ3) is 2.04. The number of aromatic amines is 1. The van der Waals surface area contributed by atoms with E-state index in [4.69, 9.17) is 0 Å². The Bertz CT molecular complexity index is 587. The van der Waals surface area contributed by atoms with Gasteiger partial charge in [0.2, 0.25) is 5.78 Å². The van der Waals surface area contributed by atoms with Crippen LogP contribution in [0.2, 0.25) is 0 Å². The molecular weight excluding hydrogens is 202 g/mol. The standard InChI is InChI=1S/C12H11N3O/c1-15(2)6-5-12(16)9-3-4-10-11(7-9)14-8-13-10/h3-4,7-8H,1-2H3,(H,13,14). The Hall–Kier alpha value is -2.28. The van der Waals surface area contributed by atoms with Crippen LogP contribution in [0.15, 0.2) is 24.5 Å². The van der Waals surface area contributed by atoms with Crippen LogP contribution in [0.25, 0.3) is 11.0 Å². The largest absolute Gasteiger partial charge is 0.345 e. The van der Waals surface area contributed by atoms with E-state index in [1.54, 1.807) is 43.5 Å². The predicted molar refractivity (Wildman–Crippen MR) is 61.9 cm³/mol. The van der Waals surface area contributed by atoms with Gasteiger partial charge in [0.15, 0.2) is 0 Å². The molecule has 0 aliphatic rings. The van der Waals surface area contributed by atoms with E-state index in [9.17, 15) is 4.79 Å². The number of benzene rings is 1. The minimum absolute atomic E-state index is 0.190. The summed E-state index contributed by atoms with van der Waals surface area (Å²) in [4.78, 5) is 20.4. The molecule has 1 aromatic carbocycles. The number of imidazole rings is 1. The van der Waals surface area contributed by atoms with Crippen LogP contribution in [0.5, 0.6) is 0 Å². The minimum atomic E-state index is -0.190. The second-order valence-corrected chi connectivity index (χ2v) is 3.59. The molecule has 80 valence electrons. The number of aromatic nitrogens is 2. The van der Waals surface area contributed by atoms with Gasteiger partial charge in [-0.15, -0.1) is 0 Å². The lowest BCUT2D eigenvalue weighted by Crippen LogP contribution is -2.03. The van der Waals surface area contributed by atoms with E-state index in [-0.39, 0.29) is 5.78 Å². The Morgan fingerprint density at radius 3 is 3.00 bits per heavy atom. The van der Waals surface area contributed by atoms with Crippen LogP contribution in [0.4, 0.5) is 0 Å². The second kappa shape index (κ2) is 4.07. The van der Waals surface area contributed by atoms with E-state index in [0.717, 1.165) is 11.0 Å². The number of nitrogens with one attached hydrogen (secondary N) is 1. The predicted octanol–water partition coefficient (Wildman–Crippen LogP) is 1.27. The Balaban J connectivity index is 2.34. The molecule has 1 heterocycles. The number of fused-ring (bicyclic) bond motifs is 1. The molecule has 0 unspecified atom stereocenters. The molecule has 4 heteroatoms. The van der Waals surface area contributed by atoms with Crippen LogP contribution < -0.4 is 0 Å². The second-order valence-electron chi connectivity index (χ2n) is 3.59. The van der Waals surface area contributed by atoms with E-state index >= 15 is 0 Å². The van der Waals surface area contributed by atoms with Gasteiger partial charge >= 0.3 is 0 Å². The lowest BCUT2D eigenvalue weighted by molar-refractivity contribution is 0.105. The van der Waals surface area contributed by atoms with Gasteiger partial charge < -0.3 is 9.88 Å².